The first-order chi connectivity index (χ1) is 11.6. The van der Waals surface area contributed by atoms with Crippen molar-refractivity contribution in [3.8, 4) is 5.75 Å². The van der Waals surface area contributed by atoms with E-state index in [-0.39, 0.29) is 11.6 Å². The Labute approximate surface area is 136 Å². The average molecular weight is 326 g/mol. The number of rotatable bonds is 5. The Balaban J connectivity index is 1.88. The van der Waals surface area contributed by atoms with Gasteiger partial charge in [0.15, 0.2) is 5.76 Å². The zero-order chi connectivity index (χ0) is 17.1. The average Bonchev–Trinajstić information content (AvgIpc) is 3.03. The van der Waals surface area contributed by atoms with Crippen LogP contribution in [-0.4, -0.2) is 23.2 Å². The predicted molar refractivity (Wildman–Crippen MR) is 89.6 cm³/mol. The van der Waals surface area contributed by atoms with E-state index in [1.807, 2.05) is 31.2 Å². The molecule has 24 heavy (non-hydrogen) atoms. The monoisotopic (exact) mass is 326 g/mol. The third-order valence-corrected chi connectivity index (χ3v) is 3.31. The standard InChI is InChI=1S/C16H14N4O4/c1-10-7-15(13-8-11(23-2)3-5-14(13)18-10)19-17-9-12-4-6-16(24-12)20(21)22/h3-9H,1-2H3,(H,18,19)/b17-9+. The van der Waals surface area contributed by atoms with Crippen molar-refractivity contribution in [1.82, 2.24) is 4.98 Å². The zero-order valence-corrected chi connectivity index (χ0v) is 13.0. The van der Waals surface area contributed by atoms with Gasteiger partial charge in [0.2, 0.25) is 0 Å². The molecule has 8 nitrogen and oxygen atoms in total. The second kappa shape index (κ2) is 6.37. The summed E-state index contributed by atoms with van der Waals surface area (Å²) in [5, 5.41) is 15.5. The highest BCUT2D eigenvalue weighted by Gasteiger charge is 2.10. The fraction of sp³-hybridized carbons (Fsp3) is 0.125. The number of furan rings is 1. The molecular weight excluding hydrogens is 312 g/mol. The third-order valence-electron chi connectivity index (χ3n) is 3.31. The SMILES string of the molecule is COc1ccc2nc(C)cc(N/N=C/c3ccc([N+](=O)[O-])o3)c2c1. The second-order valence-electron chi connectivity index (χ2n) is 5.00. The molecule has 0 aliphatic carbocycles. The van der Waals surface area contributed by atoms with Crippen molar-refractivity contribution >= 4 is 28.7 Å². The lowest BCUT2D eigenvalue weighted by Gasteiger charge is -2.08. The zero-order valence-electron chi connectivity index (χ0n) is 13.0. The Morgan fingerprint density at radius 1 is 1.33 bits per heavy atom. The minimum atomic E-state index is -0.600. The predicted octanol–water partition coefficient (Wildman–Crippen LogP) is 3.50. The molecule has 0 saturated heterocycles. The first-order valence-corrected chi connectivity index (χ1v) is 7.05. The molecule has 0 bridgehead atoms. The summed E-state index contributed by atoms with van der Waals surface area (Å²) in [5.41, 5.74) is 5.29. The van der Waals surface area contributed by atoms with Crippen molar-refractivity contribution in [2.75, 3.05) is 12.5 Å². The quantitative estimate of drug-likeness (QED) is 0.437. The maximum atomic E-state index is 10.6. The van der Waals surface area contributed by atoms with Gasteiger partial charge >= 0.3 is 5.88 Å². The highest BCUT2D eigenvalue weighted by atomic mass is 16.6. The molecule has 2 heterocycles. The van der Waals surface area contributed by atoms with Crippen molar-refractivity contribution in [2.24, 2.45) is 5.10 Å². The molecule has 2 aromatic heterocycles. The number of aromatic nitrogens is 1. The van der Waals surface area contributed by atoms with E-state index in [1.165, 1.54) is 18.3 Å². The number of hydrogen-bond donors (Lipinski definition) is 1. The Morgan fingerprint density at radius 2 is 2.17 bits per heavy atom. The lowest BCUT2D eigenvalue weighted by Crippen LogP contribution is -1.95. The van der Waals surface area contributed by atoms with Crippen LogP contribution in [0.25, 0.3) is 10.9 Å². The number of fused-ring (bicyclic) bond motifs is 1. The van der Waals surface area contributed by atoms with Gasteiger partial charge in [0, 0.05) is 11.1 Å². The molecule has 0 aliphatic heterocycles. The van der Waals surface area contributed by atoms with Gasteiger partial charge in [-0.05, 0) is 37.3 Å². The topological polar surface area (TPSA) is 103 Å². The summed E-state index contributed by atoms with van der Waals surface area (Å²) < 4.78 is 10.2. The molecular formula is C16H14N4O4. The van der Waals surface area contributed by atoms with Crippen LogP contribution in [0.2, 0.25) is 0 Å². The molecule has 3 aromatic rings. The van der Waals surface area contributed by atoms with E-state index in [1.54, 1.807) is 7.11 Å². The number of benzene rings is 1. The lowest BCUT2D eigenvalue weighted by molar-refractivity contribution is -0.402. The van der Waals surface area contributed by atoms with Gasteiger partial charge in [0.25, 0.3) is 0 Å². The van der Waals surface area contributed by atoms with Gasteiger partial charge < -0.3 is 9.15 Å². The highest BCUT2D eigenvalue weighted by Crippen LogP contribution is 2.27. The van der Waals surface area contributed by atoms with Crippen LogP contribution < -0.4 is 10.2 Å². The number of pyridine rings is 1. The van der Waals surface area contributed by atoms with E-state index < -0.39 is 4.92 Å². The van der Waals surface area contributed by atoms with Crippen molar-refractivity contribution in [1.29, 1.82) is 0 Å². The fourth-order valence-corrected chi connectivity index (χ4v) is 2.23. The van der Waals surface area contributed by atoms with Crippen LogP contribution in [0.4, 0.5) is 11.6 Å². The summed E-state index contributed by atoms with van der Waals surface area (Å²) in [5.74, 6) is 0.662. The Morgan fingerprint density at radius 3 is 2.88 bits per heavy atom. The van der Waals surface area contributed by atoms with Crippen LogP contribution in [0.3, 0.4) is 0 Å². The van der Waals surface area contributed by atoms with Crippen LogP contribution in [0.5, 0.6) is 5.75 Å². The summed E-state index contributed by atoms with van der Waals surface area (Å²) in [6.07, 6.45) is 1.37. The van der Waals surface area contributed by atoms with Crippen molar-refractivity contribution in [3.63, 3.8) is 0 Å². The summed E-state index contributed by atoms with van der Waals surface area (Å²) >= 11 is 0. The van der Waals surface area contributed by atoms with Gasteiger partial charge in [-0.1, -0.05) is 0 Å². The number of hydrogen-bond acceptors (Lipinski definition) is 7. The number of aryl methyl sites for hydroxylation is 1. The summed E-state index contributed by atoms with van der Waals surface area (Å²) in [4.78, 5) is 14.4. The van der Waals surface area contributed by atoms with Gasteiger partial charge in [-0.25, -0.2) is 0 Å². The number of nitrogens with one attached hydrogen (secondary N) is 1. The molecule has 0 aliphatic rings. The van der Waals surface area contributed by atoms with Crippen molar-refractivity contribution in [3.05, 3.63) is 58.0 Å². The van der Waals surface area contributed by atoms with Gasteiger partial charge in [0.1, 0.15) is 10.7 Å². The number of nitro groups is 1. The number of nitrogens with zero attached hydrogens (tertiary/aromatic N) is 3. The second-order valence-corrected chi connectivity index (χ2v) is 5.00. The van der Waals surface area contributed by atoms with E-state index >= 15 is 0 Å². The molecule has 1 N–H and O–H groups in total. The molecule has 8 heteroatoms. The number of ether oxygens (including phenoxy) is 1. The minimum absolute atomic E-state index is 0.280. The van der Waals surface area contributed by atoms with Crippen LogP contribution in [0, 0.1) is 17.0 Å². The van der Waals surface area contributed by atoms with Crippen LogP contribution in [-0.2, 0) is 0 Å². The maximum Gasteiger partial charge on any atom is 0.433 e. The van der Waals surface area contributed by atoms with Crippen LogP contribution in [0.15, 0.2) is 45.9 Å². The molecule has 122 valence electrons. The molecule has 0 saturated carbocycles. The van der Waals surface area contributed by atoms with Crippen LogP contribution in [0.1, 0.15) is 11.5 Å². The molecule has 0 atom stereocenters. The summed E-state index contributed by atoms with van der Waals surface area (Å²) in [6.45, 7) is 1.88. The van der Waals surface area contributed by atoms with Crippen molar-refractivity contribution in [2.45, 2.75) is 6.92 Å². The molecule has 3 rings (SSSR count). The summed E-state index contributed by atoms with van der Waals surface area (Å²) in [6, 6.07) is 10.2. The Bertz CT molecular complexity index is 933. The summed E-state index contributed by atoms with van der Waals surface area (Å²) in [7, 11) is 1.60. The highest BCUT2D eigenvalue weighted by molar-refractivity contribution is 5.93. The van der Waals surface area contributed by atoms with Gasteiger partial charge in [0.05, 0.1) is 30.6 Å². The normalized spacial score (nSPS) is 11.1. The Hall–Kier alpha value is -3.42. The molecule has 0 radical (unpaired) electrons. The van der Waals surface area contributed by atoms with Gasteiger partial charge in [-0.15, -0.1) is 0 Å². The van der Waals surface area contributed by atoms with Gasteiger partial charge in [-0.2, -0.15) is 5.10 Å². The molecule has 1 aromatic carbocycles. The minimum Gasteiger partial charge on any atom is -0.497 e. The van der Waals surface area contributed by atoms with E-state index in [9.17, 15) is 10.1 Å². The lowest BCUT2D eigenvalue weighted by atomic mass is 10.1. The van der Waals surface area contributed by atoms with Crippen molar-refractivity contribution < 1.29 is 14.1 Å². The van der Waals surface area contributed by atoms with E-state index in [0.717, 1.165) is 22.3 Å². The molecule has 0 fully saturated rings. The first-order valence-electron chi connectivity index (χ1n) is 7.05. The van der Waals surface area contributed by atoms with E-state index in [0.29, 0.717) is 5.75 Å². The van der Waals surface area contributed by atoms with E-state index in [2.05, 4.69) is 15.5 Å². The smallest absolute Gasteiger partial charge is 0.433 e. The largest absolute Gasteiger partial charge is 0.497 e. The third kappa shape index (κ3) is 3.17. The first kappa shape index (κ1) is 15.5. The number of hydrazone groups is 1. The molecule has 0 spiro atoms. The maximum absolute atomic E-state index is 10.6. The van der Waals surface area contributed by atoms with Gasteiger partial charge in [-0.3, -0.25) is 20.5 Å². The number of anilines is 1. The molecule has 0 unspecified atom stereocenters. The molecule has 0 amide bonds. The number of methoxy groups -OCH3 is 1. The van der Waals surface area contributed by atoms with Crippen LogP contribution >= 0.6 is 0 Å². The Kier molecular flexibility index (Phi) is 4.11. The fourth-order valence-electron chi connectivity index (χ4n) is 2.23. The van der Waals surface area contributed by atoms with E-state index in [4.69, 9.17) is 9.15 Å².